The van der Waals surface area contributed by atoms with Gasteiger partial charge >= 0.3 is 0 Å². The Kier molecular flexibility index (Phi) is 6.39. The molecule has 0 saturated carbocycles. The fraction of sp³-hybridized carbons (Fsp3) is 0.500. The van der Waals surface area contributed by atoms with Crippen molar-refractivity contribution in [2.75, 3.05) is 19.6 Å². The maximum absolute atomic E-state index is 12.2. The van der Waals surface area contributed by atoms with E-state index in [0.717, 1.165) is 5.56 Å². The van der Waals surface area contributed by atoms with Crippen LogP contribution in [-0.4, -0.2) is 42.3 Å². The molecule has 0 saturated heterocycles. The molecule has 0 atom stereocenters. The monoisotopic (exact) mass is 276 g/mol. The van der Waals surface area contributed by atoms with Gasteiger partial charge in [-0.05, 0) is 33.4 Å². The molecule has 0 radical (unpaired) electrons. The zero-order valence-electron chi connectivity index (χ0n) is 12.8. The molecule has 4 heteroatoms. The second-order valence-corrected chi connectivity index (χ2v) is 5.32. The Hall–Kier alpha value is -1.68. The minimum atomic E-state index is -0.0427. The van der Waals surface area contributed by atoms with Crippen LogP contribution in [0.4, 0.5) is 0 Å². The lowest BCUT2D eigenvalue weighted by atomic mass is 10.1. The lowest BCUT2D eigenvalue weighted by Crippen LogP contribution is -2.41. The molecule has 0 aliphatic carbocycles. The standard InChI is InChI=1S/C16H24N2O2/c1-5-18(11-16(20)17-12(2)3)10-15(19)14-8-6-7-13(4)9-14/h6-9,12H,5,10-11H2,1-4H3,(H,17,20). The molecule has 0 unspecified atom stereocenters. The van der Waals surface area contributed by atoms with Crippen LogP contribution in [-0.2, 0) is 4.79 Å². The summed E-state index contributed by atoms with van der Waals surface area (Å²) in [5.41, 5.74) is 1.77. The fourth-order valence-corrected chi connectivity index (χ4v) is 1.96. The number of nitrogens with one attached hydrogen (secondary N) is 1. The van der Waals surface area contributed by atoms with Crippen molar-refractivity contribution in [1.82, 2.24) is 10.2 Å². The van der Waals surface area contributed by atoms with Gasteiger partial charge in [-0.25, -0.2) is 0 Å². The zero-order valence-corrected chi connectivity index (χ0v) is 12.8. The summed E-state index contributed by atoms with van der Waals surface area (Å²) in [6.45, 7) is 8.95. The van der Waals surface area contributed by atoms with Crippen molar-refractivity contribution < 1.29 is 9.59 Å². The van der Waals surface area contributed by atoms with Crippen molar-refractivity contribution in [1.29, 1.82) is 0 Å². The quantitative estimate of drug-likeness (QED) is 0.775. The highest BCUT2D eigenvalue weighted by Crippen LogP contribution is 2.06. The Morgan fingerprint density at radius 2 is 1.95 bits per heavy atom. The van der Waals surface area contributed by atoms with Gasteiger partial charge in [0.1, 0.15) is 0 Å². The highest BCUT2D eigenvalue weighted by atomic mass is 16.2. The number of rotatable bonds is 7. The Morgan fingerprint density at radius 3 is 2.50 bits per heavy atom. The first kappa shape index (κ1) is 16.4. The third-order valence-electron chi connectivity index (χ3n) is 2.97. The van der Waals surface area contributed by atoms with Gasteiger partial charge in [0.05, 0.1) is 13.1 Å². The third kappa shape index (κ3) is 5.53. The van der Waals surface area contributed by atoms with Gasteiger partial charge in [0.2, 0.25) is 5.91 Å². The van der Waals surface area contributed by atoms with Crippen molar-refractivity contribution in [3.8, 4) is 0 Å². The van der Waals surface area contributed by atoms with Crippen LogP contribution in [0.15, 0.2) is 24.3 Å². The first-order chi connectivity index (χ1) is 9.42. The average Bonchev–Trinajstić information content (AvgIpc) is 2.36. The van der Waals surface area contributed by atoms with Gasteiger partial charge in [0, 0.05) is 11.6 Å². The summed E-state index contributed by atoms with van der Waals surface area (Å²) in [5.74, 6) is 0.00629. The van der Waals surface area contributed by atoms with Crippen LogP contribution in [0, 0.1) is 6.92 Å². The summed E-state index contributed by atoms with van der Waals surface area (Å²) in [4.78, 5) is 25.8. The molecule has 1 aromatic carbocycles. The lowest BCUT2D eigenvalue weighted by molar-refractivity contribution is -0.122. The molecular weight excluding hydrogens is 252 g/mol. The molecule has 0 fully saturated rings. The van der Waals surface area contributed by atoms with E-state index in [0.29, 0.717) is 12.1 Å². The van der Waals surface area contributed by atoms with Gasteiger partial charge in [0.15, 0.2) is 5.78 Å². The largest absolute Gasteiger partial charge is 0.353 e. The van der Waals surface area contributed by atoms with E-state index in [2.05, 4.69) is 5.32 Å². The molecule has 0 heterocycles. The highest BCUT2D eigenvalue weighted by molar-refractivity contribution is 5.98. The highest BCUT2D eigenvalue weighted by Gasteiger charge is 2.14. The number of carbonyl (C=O) groups excluding carboxylic acids is 2. The maximum atomic E-state index is 12.2. The lowest BCUT2D eigenvalue weighted by Gasteiger charge is -2.20. The number of benzene rings is 1. The Balaban J connectivity index is 2.60. The number of nitrogens with zero attached hydrogens (tertiary/aromatic N) is 1. The van der Waals surface area contributed by atoms with E-state index >= 15 is 0 Å². The van der Waals surface area contributed by atoms with E-state index in [1.54, 1.807) is 0 Å². The second-order valence-electron chi connectivity index (χ2n) is 5.32. The third-order valence-corrected chi connectivity index (χ3v) is 2.97. The smallest absolute Gasteiger partial charge is 0.234 e. The van der Waals surface area contributed by atoms with Crippen molar-refractivity contribution in [2.24, 2.45) is 0 Å². The van der Waals surface area contributed by atoms with Crippen LogP contribution in [0.5, 0.6) is 0 Å². The fourth-order valence-electron chi connectivity index (χ4n) is 1.96. The molecule has 0 spiro atoms. The van der Waals surface area contributed by atoms with Gasteiger partial charge in [-0.3, -0.25) is 14.5 Å². The predicted octanol–water partition coefficient (Wildman–Crippen LogP) is 2.02. The summed E-state index contributed by atoms with van der Waals surface area (Å²) < 4.78 is 0. The van der Waals surface area contributed by atoms with Gasteiger partial charge in [-0.2, -0.15) is 0 Å². The molecule has 0 aromatic heterocycles. The Morgan fingerprint density at radius 1 is 1.25 bits per heavy atom. The number of likely N-dealkylation sites (N-methyl/N-ethyl adjacent to an activating group) is 1. The molecular formula is C16H24N2O2. The second kappa shape index (κ2) is 7.80. The van der Waals surface area contributed by atoms with E-state index in [-0.39, 0.29) is 30.8 Å². The SMILES string of the molecule is CCN(CC(=O)NC(C)C)CC(=O)c1cccc(C)c1. The molecule has 4 nitrogen and oxygen atoms in total. The number of hydrogen-bond acceptors (Lipinski definition) is 3. The minimum absolute atomic E-state index is 0.0427. The Labute approximate surface area is 121 Å². The summed E-state index contributed by atoms with van der Waals surface area (Å²) >= 11 is 0. The zero-order chi connectivity index (χ0) is 15.1. The summed E-state index contributed by atoms with van der Waals surface area (Å²) in [7, 11) is 0. The number of amides is 1. The van der Waals surface area contributed by atoms with Crippen LogP contribution in [0.1, 0.15) is 36.7 Å². The molecule has 1 N–H and O–H groups in total. The number of aryl methyl sites for hydroxylation is 1. The minimum Gasteiger partial charge on any atom is -0.353 e. The van der Waals surface area contributed by atoms with Gasteiger partial charge in [-0.1, -0.05) is 30.7 Å². The van der Waals surface area contributed by atoms with Crippen molar-refractivity contribution >= 4 is 11.7 Å². The molecule has 1 amide bonds. The van der Waals surface area contributed by atoms with Crippen LogP contribution < -0.4 is 5.32 Å². The molecule has 0 bridgehead atoms. The molecule has 0 aliphatic rings. The average molecular weight is 276 g/mol. The summed E-state index contributed by atoms with van der Waals surface area (Å²) in [6, 6.07) is 7.66. The number of hydrogen-bond donors (Lipinski definition) is 1. The maximum Gasteiger partial charge on any atom is 0.234 e. The van der Waals surface area contributed by atoms with Gasteiger partial charge in [0.25, 0.3) is 0 Å². The van der Waals surface area contributed by atoms with Crippen LogP contribution in [0.25, 0.3) is 0 Å². The summed E-state index contributed by atoms with van der Waals surface area (Å²) in [6.07, 6.45) is 0. The number of Topliss-reactive ketones (excluding diaryl/α,β-unsaturated/α-hetero) is 1. The van der Waals surface area contributed by atoms with Crippen LogP contribution in [0.2, 0.25) is 0 Å². The van der Waals surface area contributed by atoms with Crippen molar-refractivity contribution in [3.05, 3.63) is 35.4 Å². The number of carbonyl (C=O) groups is 2. The first-order valence-electron chi connectivity index (χ1n) is 7.04. The molecule has 1 aromatic rings. The van der Waals surface area contributed by atoms with Gasteiger partial charge < -0.3 is 5.32 Å². The van der Waals surface area contributed by atoms with Crippen molar-refractivity contribution in [3.63, 3.8) is 0 Å². The molecule has 20 heavy (non-hydrogen) atoms. The van der Waals surface area contributed by atoms with Crippen LogP contribution >= 0.6 is 0 Å². The van der Waals surface area contributed by atoms with E-state index in [9.17, 15) is 9.59 Å². The van der Waals surface area contributed by atoms with E-state index in [4.69, 9.17) is 0 Å². The summed E-state index contributed by atoms with van der Waals surface area (Å²) in [5, 5.41) is 2.84. The van der Waals surface area contributed by atoms with E-state index in [1.165, 1.54) is 0 Å². The molecule has 110 valence electrons. The first-order valence-corrected chi connectivity index (χ1v) is 7.04. The van der Waals surface area contributed by atoms with Crippen molar-refractivity contribution in [2.45, 2.75) is 33.7 Å². The van der Waals surface area contributed by atoms with Gasteiger partial charge in [-0.15, -0.1) is 0 Å². The predicted molar refractivity (Wildman–Crippen MR) is 80.9 cm³/mol. The van der Waals surface area contributed by atoms with E-state index in [1.807, 2.05) is 56.9 Å². The number of ketones is 1. The van der Waals surface area contributed by atoms with E-state index < -0.39 is 0 Å². The topological polar surface area (TPSA) is 49.4 Å². The normalized spacial score (nSPS) is 10.9. The Bertz CT molecular complexity index is 469. The molecule has 1 rings (SSSR count). The molecule has 0 aliphatic heterocycles. The van der Waals surface area contributed by atoms with Crippen LogP contribution in [0.3, 0.4) is 0 Å².